The number of hydrogen-bond acceptors (Lipinski definition) is 3. The molecule has 1 amide bonds. The van der Waals surface area contributed by atoms with E-state index >= 15 is 0 Å². The highest BCUT2D eigenvalue weighted by Gasteiger charge is 2.01. The Morgan fingerprint density at radius 2 is 2.30 bits per heavy atom. The fourth-order valence-electron chi connectivity index (χ4n) is 0.447. The summed E-state index contributed by atoms with van der Waals surface area (Å²) in [5.41, 5.74) is 4.81. The van der Waals surface area contributed by atoms with Gasteiger partial charge in [-0.3, -0.25) is 9.00 Å². The van der Waals surface area contributed by atoms with E-state index in [4.69, 9.17) is 5.73 Å². The van der Waals surface area contributed by atoms with Crippen LogP contribution in [0.15, 0.2) is 0 Å². The van der Waals surface area contributed by atoms with Crippen molar-refractivity contribution in [3.05, 3.63) is 0 Å². The van der Waals surface area contributed by atoms with Gasteiger partial charge in [0, 0.05) is 23.1 Å². The van der Waals surface area contributed by atoms with Gasteiger partial charge in [-0.05, 0) is 7.05 Å². The zero-order chi connectivity index (χ0) is 7.98. The number of nitrogens with one attached hydrogen (secondary N) is 1. The summed E-state index contributed by atoms with van der Waals surface area (Å²) in [5.74, 6) is -0.0457. The number of carbonyl (C=O) groups is 1. The molecular weight excluding hydrogens is 152 g/mol. The first-order valence-electron chi connectivity index (χ1n) is 2.94. The van der Waals surface area contributed by atoms with Crippen molar-refractivity contribution in [3.63, 3.8) is 0 Å². The molecule has 0 radical (unpaired) electrons. The summed E-state index contributed by atoms with van der Waals surface area (Å²) < 4.78 is 10.8. The zero-order valence-corrected chi connectivity index (χ0v) is 6.74. The van der Waals surface area contributed by atoms with Crippen LogP contribution in [0.4, 0.5) is 0 Å². The van der Waals surface area contributed by atoms with Crippen molar-refractivity contribution in [2.75, 3.05) is 25.1 Å². The van der Waals surface area contributed by atoms with Gasteiger partial charge in [-0.1, -0.05) is 0 Å². The zero-order valence-electron chi connectivity index (χ0n) is 5.92. The van der Waals surface area contributed by atoms with Crippen molar-refractivity contribution < 1.29 is 9.00 Å². The van der Waals surface area contributed by atoms with Gasteiger partial charge in [-0.15, -0.1) is 0 Å². The van der Waals surface area contributed by atoms with Gasteiger partial charge in [0.15, 0.2) is 0 Å². The maximum absolute atomic E-state index is 10.8. The van der Waals surface area contributed by atoms with Crippen molar-refractivity contribution >= 4 is 16.7 Å². The molecule has 0 spiro atoms. The average Bonchev–Trinajstić information content (AvgIpc) is 1.82. The Kier molecular flexibility index (Phi) is 5.15. The summed E-state index contributed by atoms with van der Waals surface area (Å²) in [4.78, 5) is 10.2. The molecule has 10 heavy (non-hydrogen) atoms. The van der Waals surface area contributed by atoms with E-state index in [1.807, 2.05) is 0 Å². The highest BCUT2D eigenvalue weighted by Crippen LogP contribution is 1.78. The molecule has 0 heterocycles. The highest BCUT2D eigenvalue weighted by atomic mass is 32.2. The van der Waals surface area contributed by atoms with Gasteiger partial charge in [0.05, 0.1) is 0 Å². The SMILES string of the molecule is CNCCS(=O)CC(N)=O. The van der Waals surface area contributed by atoms with E-state index in [0.29, 0.717) is 12.3 Å². The van der Waals surface area contributed by atoms with Crippen LogP contribution in [-0.2, 0) is 15.6 Å². The predicted octanol–water partition coefficient (Wildman–Crippen LogP) is -1.56. The summed E-state index contributed by atoms with van der Waals surface area (Å²) in [6.07, 6.45) is 0. The lowest BCUT2D eigenvalue weighted by molar-refractivity contribution is -0.115. The van der Waals surface area contributed by atoms with Crippen LogP contribution in [0, 0.1) is 0 Å². The van der Waals surface area contributed by atoms with Gasteiger partial charge in [-0.2, -0.15) is 0 Å². The quantitative estimate of drug-likeness (QED) is 0.516. The lowest BCUT2D eigenvalue weighted by Crippen LogP contribution is -2.24. The smallest absolute Gasteiger partial charge is 0.230 e. The first-order chi connectivity index (χ1) is 4.66. The molecule has 0 saturated carbocycles. The van der Waals surface area contributed by atoms with Gasteiger partial charge in [-0.25, -0.2) is 0 Å². The molecule has 5 heteroatoms. The summed E-state index contributed by atoms with van der Waals surface area (Å²) in [6, 6.07) is 0. The lowest BCUT2D eigenvalue weighted by atomic mass is 10.8. The molecule has 0 fully saturated rings. The van der Waals surface area contributed by atoms with Gasteiger partial charge in [0.1, 0.15) is 5.75 Å². The van der Waals surface area contributed by atoms with E-state index < -0.39 is 16.7 Å². The van der Waals surface area contributed by atoms with Gasteiger partial charge < -0.3 is 11.1 Å². The van der Waals surface area contributed by atoms with Gasteiger partial charge >= 0.3 is 0 Å². The Bertz CT molecular complexity index is 138. The molecule has 0 aromatic rings. The highest BCUT2D eigenvalue weighted by molar-refractivity contribution is 7.85. The Morgan fingerprint density at radius 1 is 1.70 bits per heavy atom. The fraction of sp³-hybridized carbons (Fsp3) is 0.800. The van der Waals surface area contributed by atoms with Crippen LogP contribution >= 0.6 is 0 Å². The standard InChI is InChI=1S/C5H12N2O2S/c1-7-2-3-10(9)4-5(6)8/h7H,2-4H2,1H3,(H2,6,8). The molecule has 4 nitrogen and oxygen atoms in total. The molecular formula is C5H12N2O2S. The number of rotatable bonds is 5. The Morgan fingerprint density at radius 3 is 2.70 bits per heavy atom. The third-order valence-corrected chi connectivity index (χ3v) is 2.15. The minimum absolute atomic E-state index is 0.0261. The second-order valence-electron chi connectivity index (χ2n) is 1.86. The molecule has 1 atom stereocenters. The van der Waals surface area contributed by atoms with E-state index in [2.05, 4.69) is 5.32 Å². The van der Waals surface area contributed by atoms with Crippen molar-refractivity contribution in [2.24, 2.45) is 5.73 Å². The molecule has 0 aromatic carbocycles. The second kappa shape index (κ2) is 5.37. The third-order valence-electron chi connectivity index (χ3n) is 0.883. The Balaban J connectivity index is 3.35. The average molecular weight is 164 g/mol. The van der Waals surface area contributed by atoms with E-state index in [1.165, 1.54) is 0 Å². The first kappa shape index (κ1) is 9.58. The third kappa shape index (κ3) is 5.71. The summed E-state index contributed by atoms with van der Waals surface area (Å²) in [7, 11) is 0.678. The molecule has 0 aliphatic carbocycles. The largest absolute Gasteiger partial charge is 0.369 e. The van der Waals surface area contributed by atoms with Crippen LogP contribution in [0.5, 0.6) is 0 Å². The van der Waals surface area contributed by atoms with Crippen LogP contribution in [0.2, 0.25) is 0 Å². The van der Waals surface area contributed by atoms with E-state index in [1.54, 1.807) is 7.05 Å². The maximum Gasteiger partial charge on any atom is 0.230 e. The van der Waals surface area contributed by atoms with Crippen LogP contribution in [0.1, 0.15) is 0 Å². The molecule has 0 bridgehead atoms. The minimum Gasteiger partial charge on any atom is -0.369 e. The van der Waals surface area contributed by atoms with Crippen molar-refractivity contribution in [1.82, 2.24) is 5.32 Å². The number of amides is 1. The second-order valence-corrected chi connectivity index (χ2v) is 3.43. The molecule has 0 rings (SSSR count). The van der Waals surface area contributed by atoms with Crippen molar-refractivity contribution in [3.8, 4) is 0 Å². The monoisotopic (exact) mass is 164 g/mol. The van der Waals surface area contributed by atoms with E-state index in [-0.39, 0.29) is 5.75 Å². The fourth-order valence-corrected chi connectivity index (χ4v) is 1.34. The molecule has 60 valence electrons. The van der Waals surface area contributed by atoms with Gasteiger partial charge in [0.2, 0.25) is 5.91 Å². The summed E-state index contributed by atoms with van der Waals surface area (Å²) in [6.45, 7) is 0.653. The van der Waals surface area contributed by atoms with Crippen molar-refractivity contribution in [1.29, 1.82) is 0 Å². The van der Waals surface area contributed by atoms with Crippen LogP contribution in [0.25, 0.3) is 0 Å². The first-order valence-corrected chi connectivity index (χ1v) is 4.43. The summed E-state index contributed by atoms with van der Waals surface area (Å²) >= 11 is 0. The molecule has 3 N–H and O–H groups in total. The molecule has 0 aliphatic heterocycles. The van der Waals surface area contributed by atoms with E-state index in [9.17, 15) is 9.00 Å². The van der Waals surface area contributed by atoms with Crippen LogP contribution in [-0.4, -0.2) is 35.2 Å². The van der Waals surface area contributed by atoms with Crippen molar-refractivity contribution in [2.45, 2.75) is 0 Å². The van der Waals surface area contributed by atoms with Gasteiger partial charge in [0.25, 0.3) is 0 Å². The minimum atomic E-state index is -1.09. The van der Waals surface area contributed by atoms with E-state index in [0.717, 1.165) is 0 Å². The van der Waals surface area contributed by atoms with Crippen LogP contribution < -0.4 is 11.1 Å². The molecule has 0 aliphatic rings. The molecule has 0 saturated heterocycles. The number of primary amides is 1. The molecule has 0 aromatic heterocycles. The topological polar surface area (TPSA) is 72.2 Å². The Hall–Kier alpha value is -0.420. The molecule has 1 unspecified atom stereocenters. The predicted molar refractivity (Wildman–Crippen MR) is 41.0 cm³/mol. The normalized spacial score (nSPS) is 12.9. The van der Waals surface area contributed by atoms with Crippen LogP contribution in [0.3, 0.4) is 0 Å². The number of carbonyl (C=O) groups excluding carboxylic acids is 1. The lowest BCUT2D eigenvalue weighted by Gasteiger charge is -1.96. The maximum atomic E-state index is 10.8. The number of hydrogen-bond donors (Lipinski definition) is 2. The summed E-state index contributed by atoms with van der Waals surface area (Å²) in [5, 5.41) is 2.83. The Labute approximate surface area is 62.6 Å². The number of nitrogens with two attached hydrogens (primary N) is 1.